The van der Waals surface area contributed by atoms with Crippen molar-refractivity contribution in [2.75, 3.05) is 45.7 Å². The highest BCUT2D eigenvalue weighted by Gasteiger charge is 2.31. The Bertz CT molecular complexity index is 806. The van der Waals surface area contributed by atoms with Crippen molar-refractivity contribution < 1.29 is 24.1 Å². The molecule has 1 aromatic heterocycles. The van der Waals surface area contributed by atoms with Crippen molar-refractivity contribution in [2.24, 2.45) is 0 Å². The molecule has 0 spiro atoms. The average molecular weight is 426 g/mol. The van der Waals surface area contributed by atoms with Crippen LogP contribution in [0.3, 0.4) is 0 Å². The van der Waals surface area contributed by atoms with E-state index in [1.165, 1.54) is 9.78 Å². The second-order valence-corrected chi connectivity index (χ2v) is 8.87. The van der Waals surface area contributed by atoms with E-state index in [2.05, 4.69) is 11.4 Å². The lowest BCUT2D eigenvalue weighted by Gasteiger charge is -2.32. The number of quaternary nitrogens is 2. The second-order valence-electron chi connectivity index (χ2n) is 7.07. The fourth-order valence-corrected chi connectivity index (χ4v) is 4.72. The molecule has 6 nitrogen and oxygen atoms in total. The van der Waals surface area contributed by atoms with E-state index < -0.39 is 0 Å². The number of anilines is 1. The van der Waals surface area contributed by atoms with E-state index in [0.29, 0.717) is 17.2 Å². The first-order chi connectivity index (χ1) is 13.5. The molecule has 3 N–H and O–H groups in total. The summed E-state index contributed by atoms with van der Waals surface area (Å²) in [6, 6.07) is 9.33. The molecule has 0 bridgehead atoms. The Hall–Kier alpha value is -1.80. The number of benzene rings is 1. The lowest BCUT2D eigenvalue weighted by atomic mass is 10.2. The fourth-order valence-electron chi connectivity index (χ4n) is 3.57. The molecule has 0 saturated carbocycles. The quantitative estimate of drug-likeness (QED) is 0.613. The van der Waals surface area contributed by atoms with Crippen LogP contribution in [0, 0.1) is 0 Å². The number of thiophene rings is 1. The predicted molar refractivity (Wildman–Crippen MR) is 112 cm³/mol. The molecule has 0 unspecified atom stereocenters. The van der Waals surface area contributed by atoms with Crippen molar-refractivity contribution in [2.45, 2.75) is 19.5 Å². The van der Waals surface area contributed by atoms with E-state index in [1.807, 2.05) is 19.1 Å². The third kappa shape index (κ3) is 5.17. The zero-order chi connectivity index (χ0) is 20.1. The highest BCUT2D eigenvalue weighted by atomic mass is 35.5. The van der Waals surface area contributed by atoms with Crippen LogP contribution in [0.15, 0.2) is 30.3 Å². The standard InChI is InChI=1S/C20H26ClN3O3S/c1-14(20(25)22-17-12-15(26-2)4-6-18(17)27-3)24-10-8-23(9-11-24)13-16-5-7-19(21)28-16/h4-7,12,14H,8-11,13H2,1-3H3,(H,22,25)/p+2/t14-/m0/s1. The van der Waals surface area contributed by atoms with E-state index in [1.54, 1.807) is 42.6 Å². The smallest absolute Gasteiger partial charge is 0.282 e. The summed E-state index contributed by atoms with van der Waals surface area (Å²) in [6.45, 7) is 7.03. The minimum absolute atomic E-state index is 0.00459. The number of methoxy groups -OCH3 is 2. The van der Waals surface area contributed by atoms with Crippen molar-refractivity contribution in [3.63, 3.8) is 0 Å². The summed E-state index contributed by atoms with van der Waals surface area (Å²) >= 11 is 7.68. The van der Waals surface area contributed by atoms with Crippen LogP contribution in [-0.4, -0.2) is 52.3 Å². The minimum Gasteiger partial charge on any atom is -0.497 e. The number of hydrogen-bond donors (Lipinski definition) is 3. The monoisotopic (exact) mass is 425 g/mol. The molecule has 1 aliphatic rings. The van der Waals surface area contributed by atoms with E-state index in [9.17, 15) is 4.79 Å². The molecule has 1 atom stereocenters. The number of rotatable bonds is 7. The normalized spacial score (nSPS) is 20.4. The Kier molecular flexibility index (Phi) is 7.18. The van der Waals surface area contributed by atoms with Crippen molar-refractivity contribution in [3.05, 3.63) is 39.5 Å². The maximum atomic E-state index is 12.8. The highest BCUT2D eigenvalue weighted by Crippen LogP contribution is 2.28. The third-order valence-corrected chi connectivity index (χ3v) is 6.55. The maximum Gasteiger partial charge on any atom is 0.282 e. The molecule has 1 aromatic carbocycles. The van der Waals surface area contributed by atoms with Crippen LogP contribution < -0.4 is 24.6 Å². The molecule has 2 heterocycles. The van der Waals surface area contributed by atoms with Gasteiger partial charge in [0.25, 0.3) is 5.91 Å². The topological polar surface area (TPSA) is 56.4 Å². The van der Waals surface area contributed by atoms with Crippen LogP contribution in [0.4, 0.5) is 5.69 Å². The van der Waals surface area contributed by atoms with Crippen LogP contribution in [0.1, 0.15) is 11.8 Å². The number of nitrogens with one attached hydrogen (secondary N) is 3. The van der Waals surface area contributed by atoms with Gasteiger partial charge in [-0.25, -0.2) is 0 Å². The van der Waals surface area contributed by atoms with Gasteiger partial charge in [-0.15, -0.1) is 11.3 Å². The first kappa shape index (κ1) is 20.9. The molecule has 1 fully saturated rings. The Balaban J connectivity index is 1.54. The van der Waals surface area contributed by atoms with Crippen molar-refractivity contribution >= 4 is 34.5 Å². The van der Waals surface area contributed by atoms with Gasteiger partial charge in [0, 0.05) is 6.07 Å². The molecule has 1 amide bonds. The summed E-state index contributed by atoms with van der Waals surface area (Å²) in [5.41, 5.74) is 0.636. The number of halogens is 1. The van der Waals surface area contributed by atoms with Gasteiger partial charge >= 0.3 is 0 Å². The summed E-state index contributed by atoms with van der Waals surface area (Å²) in [5, 5.41) is 3.00. The predicted octanol–water partition coefficient (Wildman–Crippen LogP) is 0.729. The van der Waals surface area contributed by atoms with Gasteiger partial charge in [0.15, 0.2) is 6.04 Å². The lowest BCUT2D eigenvalue weighted by molar-refractivity contribution is -1.02. The van der Waals surface area contributed by atoms with Gasteiger partial charge in [0.1, 0.15) is 44.2 Å². The molecule has 1 aliphatic heterocycles. The number of hydrogen-bond acceptors (Lipinski definition) is 4. The Morgan fingerprint density at radius 3 is 2.54 bits per heavy atom. The molecule has 1 saturated heterocycles. The van der Waals surface area contributed by atoms with Gasteiger partial charge < -0.3 is 24.6 Å². The molecule has 0 aliphatic carbocycles. The number of ether oxygens (including phenoxy) is 2. The first-order valence-corrected chi connectivity index (χ1v) is 10.6. The van der Waals surface area contributed by atoms with E-state index in [-0.39, 0.29) is 11.9 Å². The zero-order valence-corrected chi connectivity index (χ0v) is 18.1. The van der Waals surface area contributed by atoms with Crippen LogP contribution in [0.25, 0.3) is 0 Å². The molecule has 0 radical (unpaired) electrons. The van der Waals surface area contributed by atoms with Crippen LogP contribution in [0.2, 0.25) is 4.34 Å². The summed E-state index contributed by atoms with van der Waals surface area (Å²) in [4.78, 5) is 17.0. The van der Waals surface area contributed by atoms with Gasteiger partial charge in [0.05, 0.1) is 29.1 Å². The fraction of sp³-hybridized carbons (Fsp3) is 0.450. The zero-order valence-electron chi connectivity index (χ0n) is 16.5. The Morgan fingerprint density at radius 2 is 1.93 bits per heavy atom. The van der Waals surface area contributed by atoms with Gasteiger partial charge in [-0.1, -0.05) is 11.6 Å². The largest absolute Gasteiger partial charge is 0.497 e. The SMILES string of the molecule is COc1ccc(OC)c(NC(=O)[C@H](C)[NH+]2CC[NH+](Cc3ccc(Cl)s3)CC2)c1. The summed E-state index contributed by atoms with van der Waals surface area (Å²) < 4.78 is 11.5. The first-order valence-electron chi connectivity index (χ1n) is 9.45. The molecule has 28 heavy (non-hydrogen) atoms. The molecular weight excluding hydrogens is 398 g/mol. The Labute approximate surface area is 175 Å². The van der Waals surface area contributed by atoms with Crippen molar-refractivity contribution in [1.29, 1.82) is 0 Å². The van der Waals surface area contributed by atoms with Crippen LogP contribution >= 0.6 is 22.9 Å². The van der Waals surface area contributed by atoms with E-state index in [0.717, 1.165) is 37.1 Å². The van der Waals surface area contributed by atoms with Crippen LogP contribution in [0.5, 0.6) is 11.5 Å². The van der Waals surface area contributed by atoms with Crippen molar-refractivity contribution in [1.82, 2.24) is 0 Å². The molecule has 8 heteroatoms. The lowest BCUT2D eigenvalue weighted by Crippen LogP contribution is -3.29. The molecule has 3 rings (SSSR count). The third-order valence-electron chi connectivity index (χ3n) is 5.32. The van der Waals surface area contributed by atoms with E-state index in [4.69, 9.17) is 21.1 Å². The summed E-state index contributed by atoms with van der Waals surface area (Å²) in [5.74, 6) is 1.30. The van der Waals surface area contributed by atoms with Gasteiger partial charge in [-0.2, -0.15) is 0 Å². The molecular formula is C20H28ClN3O3S+2. The summed E-state index contributed by atoms with van der Waals surface area (Å²) in [6.07, 6.45) is 0. The minimum atomic E-state index is -0.131. The number of carbonyl (C=O) groups is 1. The molecule has 152 valence electrons. The van der Waals surface area contributed by atoms with Crippen molar-refractivity contribution in [3.8, 4) is 11.5 Å². The maximum absolute atomic E-state index is 12.8. The van der Waals surface area contributed by atoms with Gasteiger partial charge in [0.2, 0.25) is 0 Å². The van der Waals surface area contributed by atoms with Crippen LogP contribution in [-0.2, 0) is 11.3 Å². The number of piperazine rings is 1. The Morgan fingerprint density at radius 1 is 1.18 bits per heavy atom. The van der Waals surface area contributed by atoms with Gasteiger partial charge in [-0.3, -0.25) is 4.79 Å². The summed E-state index contributed by atoms with van der Waals surface area (Å²) in [7, 11) is 3.20. The van der Waals surface area contributed by atoms with Gasteiger partial charge in [-0.05, 0) is 31.2 Å². The molecule has 2 aromatic rings. The number of amides is 1. The average Bonchev–Trinajstić information content (AvgIpc) is 3.12. The highest BCUT2D eigenvalue weighted by molar-refractivity contribution is 7.16. The second kappa shape index (κ2) is 9.60. The number of carbonyl (C=O) groups excluding carboxylic acids is 1. The van der Waals surface area contributed by atoms with E-state index >= 15 is 0 Å².